The molecule has 6 heteroatoms. The highest BCUT2D eigenvalue weighted by molar-refractivity contribution is 7.46. The van der Waals surface area contributed by atoms with Gasteiger partial charge in [-0.3, -0.25) is 9.79 Å². The number of ether oxygens (including phenoxy) is 1. The number of rotatable bonds is 4. The Bertz CT molecular complexity index is 822. The Balaban J connectivity index is 0.000000189. The molecule has 0 radical (unpaired) electrons. The van der Waals surface area contributed by atoms with Crippen molar-refractivity contribution in [1.82, 2.24) is 0 Å². The first-order chi connectivity index (χ1) is 12.4. The van der Waals surface area contributed by atoms with Crippen LogP contribution in [-0.2, 0) is 4.57 Å². The number of phosphoric ester groups is 1. The van der Waals surface area contributed by atoms with Gasteiger partial charge in [-0.1, -0.05) is 66.7 Å². The van der Waals surface area contributed by atoms with Crippen LogP contribution in [0.1, 0.15) is 5.56 Å². The summed E-state index contributed by atoms with van der Waals surface area (Å²) in [5.41, 5.74) is 3.47. The first-order valence-electron chi connectivity index (χ1n) is 7.89. The molecule has 0 saturated carbocycles. The summed E-state index contributed by atoms with van der Waals surface area (Å²) in [7, 11) is -3.12. The molecular weight excluding hydrogens is 351 g/mol. The van der Waals surface area contributed by atoms with E-state index in [0.29, 0.717) is 5.75 Å². The average Bonchev–Trinajstić information content (AvgIpc) is 2.64. The Morgan fingerprint density at radius 2 is 1.27 bits per heavy atom. The molecule has 0 amide bonds. The second-order valence-corrected chi connectivity index (χ2v) is 6.63. The van der Waals surface area contributed by atoms with Crippen molar-refractivity contribution in [2.24, 2.45) is 0 Å². The lowest BCUT2D eigenvalue weighted by Crippen LogP contribution is -1.94. The van der Waals surface area contributed by atoms with Crippen molar-refractivity contribution in [1.29, 1.82) is 0 Å². The van der Waals surface area contributed by atoms with Crippen LogP contribution < -0.4 is 9.26 Å². The van der Waals surface area contributed by atoms with Gasteiger partial charge in [-0.25, -0.2) is 4.57 Å². The first kappa shape index (κ1) is 19.7. The van der Waals surface area contributed by atoms with Gasteiger partial charge in [-0.15, -0.1) is 0 Å². The first-order valence-corrected chi connectivity index (χ1v) is 9.42. The quantitative estimate of drug-likeness (QED) is 0.642. The molecule has 3 rings (SSSR count). The minimum Gasteiger partial charge on any atom is -0.493 e. The lowest BCUT2D eigenvalue weighted by Gasteiger charge is -2.11. The smallest absolute Gasteiger partial charge is 0.493 e. The third-order valence-corrected chi connectivity index (χ3v) is 3.85. The fourth-order valence-corrected chi connectivity index (χ4v) is 2.65. The molecule has 0 fully saturated rings. The van der Waals surface area contributed by atoms with E-state index in [1.54, 1.807) is 12.1 Å². The van der Waals surface area contributed by atoms with Crippen LogP contribution in [0.3, 0.4) is 0 Å². The second-order valence-electron chi connectivity index (χ2n) is 5.47. The molecule has 0 heterocycles. The van der Waals surface area contributed by atoms with Gasteiger partial charge in [0.15, 0.2) is 11.5 Å². The molecule has 0 aliphatic heterocycles. The average molecular weight is 372 g/mol. The van der Waals surface area contributed by atoms with Gasteiger partial charge < -0.3 is 9.26 Å². The van der Waals surface area contributed by atoms with Crippen LogP contribution in [0.15, 0.2) is 78.9 Å². The fourth-order valence-electron chi connectivity index (χ4n) is 2.24. The van der Waals surface area contributed by atoms with Crippen LogP contribution in [0.2, 0.25) is 0 Å². The zero-order valence-electron chi connectivity index (χ0n) is 14.6. The summed E-state index contributed by atoms with van der Waals surface area (Å²) in [5, 5.41) is 0. The predicted octanol–water partition coefficient (Wildman–Crippen LogP) is 4.83. The number of hydrogen-bond donors (Lipinski definition) is 2. The number of methoxy groups -OCH3 is 1. The Labute approximate surface area is 153 Å². The highest BCUT2D eigenvalue weighted by atomic mass is 31.2. The maximum Gasteiger partial charge on any atom is 0.524 e. The topological polar surface area (TPSA) is 76.0 Å². The molecule has 0 aliphatic rings. The molecule has 2 N–H and O–H groups in total. The van der Waals surface area contributed by atoms with Crippen LogP contribution in [0.25, 0.3) is 11.1 Å². The van der Waals surface area contributed by atoms with Crippen molar-refractivity contribution in [3.05, 3.63) is 84.4 Å². The molecule has 3 aromatic carbocycles. The molecule has 0 atom stereocenters. The normalized spacial score (nSPS) is 10.5. The Kier molecular flexibility index (Phi) is 6.98. The largest absolute Gasteiger partial charge is 0.524 e. The van der Waals surface area contributed by atoms with Gasteiger partial charge in [0.25, 0.3) is 0 Å². The van der Waals surface area contributed by atoms with Crippen LogP contribution >= 0.6 is 7.82 Å². The van der Waals surface area contributed by atoms with Gasteiger partial charge in [-0.05, 0) is 35.7 Å². The molecule has 26 heavy (non-hydrogen) atoms. The van der Waals surface area contributed by atoms with Crippen molar-refractivity contribution >= 4 is 7.82 Å². The Morgan fingerprint density at radius 1 is 0.769 bits per heavy atom. The van der Waals surface area contributed by atoms with E-state index in [4.69, 9.17) is 14.5 Å². The second kappa shape index (κ2) is 9.20. The van der Waals surface area contributed by atoms with E-state index < -0.39 is 7.82 Å². The van der Waals surface area contributed by atoms with Crippen molar-refractivity contribution < 1.29 is 23.6 Å². The molecular formula is C20H21O5P. The summed E-state index contributed by atoms with van der Waals surface area (Å²) in [6.45, 7) is 1.84. The summed E-state index contributed by atoms with van der Waals surface area (Å²) >= 11 is 0. The monoisotopic (exact) mass is 372 g/mol. The number of benzene rings is 3. The van der Waals surface area contributed by atoms with Gasteiger partial charge >= 0.3 is 7.82 Å². The van der Waals surface area contributed by atoms with Crippen molar-refractivity contribution in [3.8, 4) is 22.6 Å². The molecule has 136 valence electrons. The molecule has 0 saturated heterocycles. The van der Waals surface area contributed by atoms with E-state index in [-0.39, 0.29) is 5.75 Å². The van der Waals surface area contributed by atoms with E-state index >= 15 is 0 Å². The third-order valence-electron chi connectivity index (χ3n) is 3.42. The van der Waals surface area contributed by atoms with Crippen molar-refractivity contribution in [2.75, 3.05) is 7.11 Å². The fraction of sp³-hybridized carbons (Fsp3) is 0.100. The highest BCUT2D eigenvalue weighted by Gasteiger charge is 2.18. The predicted molar refractivity (Wildman–Crippen MR) is 102 cm³/mol. The lowest BCUT2D eigenvalue weighted by atomic mass is 10.1. The van der Waals surface area contributed by atoms with Crippen LogP contribution in [0, 0.1) is 6.92 Å². The van der Waals surface area contributed by atoms with E-state index in [0.717, 1.165) is 5.56 Å². The maximum absolute atomic E-state index is 10.6. The van der Waals surface area contributed by atoms with Gasteiger partial charge in [0, 0.05) is 0 Å². The van der Waals surface area contributed by atoms with Crippen LogP contribution in [-0.4, -0.2) is 16.9 Å². The van der Waals surface area contributed by atoms with Crippen LogP contribution in [0.4, 0.5) is 0 Å². The van der Waals surface area contributed by atoms with Crippen molar-refractivity contribution in [3.63, 3.8) is 0 Å². The molecule has 0 bridgehead atoms. The van der Waals surface area contributed by atoms with Crippen LogP contribution in [0.5, 0.6) is 11.5 Å². The SMILES string of the molecule is COc1cc(C)ccc1OP(=O)(O)O.c1ccc(-c2ccccc2)cc1. The van der Waals surface area contributed by atoms with Crippen molar-refractivity contribution in [2.45, 2.75) is 6.92 Å². The highest BCUT2D eigenvalue weighted by Crippen LogP contribution is 2.41. The zero-order valence-corrected chi connectivity index (χ0v) is 15.5. The zero-order chi connectivity index (χ0) is 19.0. The summed E-state index contributed by atoms with van der Waals surface area (Å²) in [5.74, 6) is 0.333. The summed E-state index contributed by atoms with van der Waals surface area (Å²) in [6, 6.07) is 25.5. The number of phosphoric acid groups is 1. The van der Waals surface area contributed by atoms with E-state index in [2.05, 4.69) is 53.1 Å². The van der Waals surface area contributed by atoms with E-state index in [1.807, 2.05) is 19.1 Å². The van der Waals surface area contributed by atoms with Gasteiger partial charge in [0.2, 0.25) is 0 Å². The van der Waals surface area contributed by atoms with Gasteiger partial charge in [0.1, 0.15) is 0 Å². The van der Waals surface area contributed by atoms with Gasteiger partial charge in [-0.2, -0.15) is 0 Å². The number of aryl methyl sites for hydroxylation is 1. The molecule has 5 nitrogen and oxygen atoms in total. The maximum atomic E-state index is 10.6. The van der Waals surface area contributed by atoms with Gasteiger partial charge in [0.05, 0.1) is 7.11 Å². The third kappa shape index (κ3) is 6.37. The minimum absolute atomic E-state index is 0.0337. The van der Waals surface area contributed by atoms with E-state index in [1.165, 1.54) is 24.3 Å². The summed E-state index contributed by atoms with van der Waals surface area (Å²) < 4.78 is 19.9. The Morgan fingerprint density at radius 3 is 1.69 bits per heavy atom. The molecule has 3 aromatic rings. The van der Waals surface area contributed by atoms with E-state index in [9.17, 15) is 4.57 Å². The standard InChI is InChI=1S/C12H10.C8H11O5P/c1-3-7-11(8-4-1)12-9-5-2-6-10-12;1-6-3-4-7(8(5-6)12-2)13-14(9,10)11/h1-10H;3-5H,1-2H3,(H2,9,10,11). The molecule has 0 aliphatic carbocycles. The Hall–Kier alpha value is -2.59. The molecule has 0 spiro atoms. The number of hydrogen-bond acceptors (Lipinski definition) is 3. The lowest BCUT2D eigenvalue weighted by molar-refractivity contribution is 0.276. The minimum atomic E-state index is -4.52. The molecule has 0 aromatic heterocycles. The molecule has 0 unspecified atom stereocenters. The summed E-state index contributed by atoms with van der Waals surface area (Å²) in [4.78, 5) is 17.2. The summed E-state index contributed by atoms with van der Waals surface area (Å²) in [6.07, 6.45) is 0.